The van der Waals surface area contributed by atoms with Crippen molar-refractivity contribution in [2.75, 3.05) is 0 Å². The van der Waals surface area contributed by atoms with Gasteiger partial charge in [-0.2, -0.15) is 0 Å². The molecule has 0 saturated heterocycles. The zero-order chi connectivity index (χ0) is 22.6. The average Bonchev–Trinajstić information content (AvgIpc) is 3.26. The Bertz CT molecular complexity index is 1420. The summed E-state index contributed by atoms with van der Waals surface area (Å²) < 4.78 is 2.15. The lowest BCUT2D eigenvalue weighted by molar-refractivity contribution is 0.731. The highest BCUT2D eigenvalue weighted by Crippen LogP contribution is 2.33. The van der Waals surface area contributed by atoms with E-state index in [0.717, 1.165) is 44.5 Å². The molecule has 0 N–H and O–H groups in total. The zero-order valence-corrected chi connectivity index (χ0v) is 19.3. The molecule has 5 aromatic rings. The van der Waals surface area contributed by atoms with Gasteiger partial charge >= 0.3 is 0 Å². The van der Waals surface area contributed by atoms with Crippen molar-refractivity contribution in [2.24, 2.45) is 0 Å². The van der Waals surface area contributed by atoms with Gasteiger partial charge in [0.1, 0.15) is 0 Å². The lowest BCUT2D eigenvalue weighted by Gasteiger charge is -2.12. The quantitative estimate of drug-likeness (QED) is 0.200. The number of hydrogen-bond acceptors (Lipinski definition) is 4. The van der Waals surface area contributed by atoms with Gasteiger partial charge in [0.2, 0.25) is 0 Å². The number of aryl methyl sites for hydroxylation is 1. The van der Waals surface area contributed by atoms with Crippen LogP contribution in [0.25, 0.3) is 33.5 Å². The second kappa shape index (κ2) is 9.43. The van der Waals surface area contributed by atoms with Crippen LogP contribution >= 0.6 is 11.8 Å². The van der Waals surface area contributed by atoms with Gasteiger partial charge in [-0.25, -0.2) is 4.98 Å². The summed E-state index contributed by atoms with van der Waals surface area (Å²) in [5, 5.41) is 11.2. The topological polar surface area (TPSA) is 43.6 Å². The average molecular weight is 449 g/mol. The lowest BCUT2D eigenvalue weighted by atomic mass is 10.0. The summed E-state index contributed by atoms with van der Waals surface area (Å²) in [6, 6.07) is 29.0. The van der Waals surface area contributed by atoms with Gasteiger partial charge in [-0.15, -0.1) is 16.8 Å². The van der Waals surface area contributed by atoms with Crippen LogP contribution in [-0.2, 0) is 12.3 Å². The third kappa shape index (κ3) is 4.32. The fourth-order valence-corrected chi connectivity index (χ4v) is 4.94. The predicted molar refractivity (Wildman–Crippen MR) is 137 cm³/mol. The van der Waals surface area contributed by atoms with Crippen molar-refractivity contribution in [3.8, 4) is 22.6 Å². The largest absolute Gasteiger partial charge is 0.298 e. The lowest BCUT2D eigenvalue weighted by Crippen LogP contribution is -2.02. The first-order chi connectivity index (χ1) is 16.2. The summed E-state index contributed by atoms with van der Waals surface area (Å²) in [6.07, 6.45) is 1.90. The Hall–Kier alpha value is -3.70. The van der Waals surface area contributed by atoms with Crippen molar-refractivity contribution in [2.45, 2.75) is 24.4 Å². The Morgan fingerprint density at radius 1 is 0.909 bits per heavy atom. The van der Waals surface area contributed by atoms with Gasteiger partial charge in [0.15, 0.2) is 11.0 Å². The molecule has 33 heavy (non-hydrogen) atoms. The number of allylic oxidation sites excluding steroid dienone is 1. The maximum Gasteiger partial charge on any atom is 0.192 e. The molecule has 0 aliphatic heterocycles. The molecule has 0 aliphatic carbocycles. The van der Waals surface area contributed by atoms with E-state index in [2.05, 4.69) is 76.8 Å². The number of hydrogen-bond donors (Lipinski definition) is 0. The molecule has 5 heteroatoms. The number of pyridine rings is 1. The summed E-state index contributed by atoms with van der Waals surface area (Å²) in [5.74, 6) is 1.67. The molecule has 0 bridgehead atoms. The van der Waals surface area contributed by atoms with E-state index in [1.807, 2.05) is 42.5 Å². The van der Waals surface area contributed by atoms with E-state index in [9.17, 15) is 0 Å². The van der Waals surface area contributed by atoms with Crippen LogP contribution in [0.15, 0.2) is 103 Å². The van der Waals surface area contributed by atoms with E-state index in [1.165, 1.54) is 11.1 Å². The fraction of sp³-hybridized carbons (Fsp3) is 0.107. The normalized spacial score (nSPS) is 11.1. The second-order valence-corrected chi connectivity index (χ2v) is 8.80. The van der Waals surface area contributed by atoms with E-state index >= 15 is 0 Å². The van der Waals surface area contributed by atoms with Crippen LogP contribution in [0.1, 0.15) is 11.1 Å². The molecule has 5 rings (SSSR count). The van der Waals surface area contributed by atoms with E-state index < -0.39 is 0 Å². The molecule has 0 saturated carbocycles. The Balaban J connectivity index is 1.61. The van der Waals surface area contributed by atoms with Crippen molar-refractivity contribution in [1.29, 1.82) is 0 Å². The highest BCUT2D eigenvalue weighted by atomic mass is 32.2. The molecular formula is C28H24N4S. The standard InChI is InChI=1S/C28H24N4S/c1-3-17-32-27(30-31-28(32)33-19-22-14-8-7-11-20(22)2)24-18-26(21-12-5-4-6-13-21)29-25-16-10-9-15-23(24)25/h3-16,18H,1,17,19H2,2H3. The molecule has 162 valence electrons. The number of thioether (sulfide) groups is 1. The summed E-state index contributed by atoms with van der Waals surface area (Å²) in [7, 11) is 0. The minimum Gasteiger partial charge on any atom is -0.298 e. The predicted octanol–water partition coefficient (Wildman–Crippen LogP) is 6.95. The Morgan fingerprint density at radius 2 is 1.67 bits per heavy atom. The molecule has 0 spiro atoms. The summed E-state index contributed by atoms with van der Waals surface area (Å²) in [6.45, 7) is 6.75. The van der Waals surface area contributed by atoms with Crippen LogP contribution in [0, 0.1) is 6.92 Å². The number of para-hydroxylation sites is 1. The van der Waals surface area contributed by atoms with Crippen molar-refractivity contribution < 1.29 is 0 Å². The van der Waals surface area contributed by atoms with E-state index in [1.54, 1.807) is 11.8 Å². The molecule has 0 radical (unpaired) electrons. The van der Waals surface area contributed by atoms with Crippen molar-refractivity contribution in [3.63, 3.8) is 0 Å². The smallest absolute Gasteiger partial charge is 0.192 e. The maximum atomic E-state index is 4.92. The molecule has 0 amide bonds. The second-order valence-electron chi connectivity index (χ2n) is 7.86. The van der Waals surface area contributed by atoms with Gasteiger partial charge in [0.25, 0.3) is 0 Å². The van der Waals surface area contributed by atoms with Gasteiger partial charge in [-0.3, -0.25) is 4.57 Å². The molecule has 0 fully saturated rings. The van der Waals surface area contributed by atoms with Crippen LogP contribution in [-0.4, -0.2) is 19.7 Å². The highest BCUT2D eigenvalue weighted by molar-refractivity contribution is 7.98. The van der Waals surface area contributed by atoms with Crippen molar-refractivity contribution in [3.05, 3.63) is 109 Å². The Labute approximate surface area is 198 Å². The Kier molecular flexibility index (Phi) is 6.05. The first-order valence-electron chi connectivity index (χ1n) is 10.9. The SMILES string of the molecule is C=CCn1c(SCc2ccccc2C)nnc1-c1cc(-c2ccccc2)nc2ccccc12. The number of benzene rings is 3. The van der Waals surface area contributed by atoms with E-state index in [4.69, 9.17) is 4.98 Å². The van der Waals surface area contributed by atoms with Crippen LogP contribution in [0.4, 0.5) is 0 Å². The summed E-state index contributed by atoms with van der Waals surface area (Å²) in [5.41, 5.74) is 6.55. The third-order valence-electron chi connectivity index (χ3n) is 5.67. The number of fused-ring (bicyclic) bond motifs is 1. The minimum absolute atomic E-state index is 0.635. The molecule has 2 heterocycles. The third-order valence-corrected chi connectivity index (χ3v) is 6.69. The first-order valence-corrected chi connectivity index (χ1v) is 11.9. The maximum absolute atomic E-state index is 4.92. The van der Waals surface area contributed by atoms with E-state index in [0.29, 0.717) is 6.54 Å². The molecule has 4 nitrogen and oxygen atoms in total. The summed E-state index contributed by atoms with van der Waals surface area (Å²) >= 11 is 1.70. The molecule has 0 unspecified atom stereocenters. The van der Waals surface area contributed by atoms with Gasteiger partial charge in [0, 0.05) is 28.8 Å². The number of rotatable bonds is 7. The minimum atomic E-state index is 0.635. The van der Waals surface area contributed by atoms with Crippen molar-refractivity contribution >= 4 is 22.7 Å². The van der Waals surface area contributed by atoms with Crippen LogP contribution in [0.5, 0.6) is 0 Å². The van der Waals surface area contributed by atoms with Crippen LogP contribution in [0.2, 0.25) is 0 Å². The molecule has 0 aliphatic rings. The molecule has 3 aromatic carbocycles. The van der Waals surface area contributed by atoms with Crippen LogP contribution in [0.3, 0.4) is 0 Å². The van der Waals surface area contributed by atoms with Crippen molar-refractivity contribution in [1.82, 2.24) is 19.7 Å². The Morgan fingerprint density at radius 3 is 2.48 bits per heavy atom. The highest BCUT2D eigenvalue weighted by Gasteiger charge is 2.18. The summed E-state index contributed by atoms with van der Waals surface area (Å²) in [4.78, 5) is 4.92. The van der Waals surface area contributed by atoms with Gasteiger partial charge in [-0.05, 0) is 30.2 Å². The number of nitrogens with zero attached hydrogens (tertiary/aromatic N) is 4. The first kappa shape index (κ1) is 21.2. The molecular weight excluding hydrogens is 424 g/mol. The number of aromatic nitrogens is 4. The van der Waals surface area contributed by atoms with Gasteiger partial charge in [0.05, 0.1) is 11.2 Å². The van der Waals surface area contributed by atoms with E-state index in [-0.39, 0.29) is 0 Å². The zero-order valence-electron chi connectivity index (χ0n) is 18.5. The fourth-order valence-electron chi connectivity index (χ4n) is 3.92. The van der Waals surface area contributed by atoms with Crippen LogP contribution < -0.4 is 0 Å². The van der Waals surface area contributed by atoms with Gasteiger partial charge < -0.3 is 0 Å². The molecule has 2 aromatic heterocycles. The monoisotopic (exact) mass is 448 g/mol. The molecule has 0 atom stereocenters. The van der Waals surface area contributed by atoms with Gasteiger partial charge in [-0.1, -0.05) is 90.6 Å².